The highest BCUT2D eigenvalue weighted by atomic mass is 19.1. The lowest BCUT2D eigenvalue weighted by Gasteiger charge is -2.46. The fourth-order valence-corrected chi connectivity index (χ4v) is 8.55. The van der Waals surface area contributed by atoms with Gasteiger partial charge in [-0.25, -0.2) is 8.78 Å². The van der Waals surface area contributed by atoms with E-state index in [0.717, 1.165) is 38.5 Å². The number of rotatable bonds is 6. The van der Waals surface area contributed by atoms with Crippen LogP contribution in [0.25, 0.3) is 0 Å². The van der Waals surface area contributed by atoms with Crippen molar-refractivity contribution in [3.05, 3.63) is 0 Å². The zero-order valence-electron chi connectivity index (χ0n) is 25.8. The third kappa shape index (κ3) is 8.24. The summed E-state index contributed by atoms with van der Waals surface area (Å²) in [5.41, 5.74) is 12.6. The van der Waals surface area contributed by atoms with Gasteiger partial charge in [-0.15, -0.1) is 0 Å². The molecule has 2 amide bonds. The van der Waals surface area contributed by atoms with Crippen LogP contribution >= 0.6 is 0 Å². The first-order valence-corrected chi connectivity index (χ1v) is 16.9. The monoisotopic (exact) mass is 611 g/mol. The molecule has 5 fully saturated rings. The minimum atomic E-state index is -1.17. The first-order valence-electron chi connectivity index (χ1n) is 16.9. The molecule has 12 heteroatoms. The highest BCUT2D eigenvalue weighted by Crippen LogP contribution is 2.45. The summed E-state index contributed by atoms with van der Waals surface area (Å²) in [5, 5.41) is 9.63. The van der Waals surface area contributed by atoms with Gasteiger partial charge >= 0.3 is 0 Å². The average Bonchev–Trinajstić information content (AvgIpc) is 3.24. The zero-order chi connectivity index (χ0) is 30.4. The summed E-state index contributed by atoms with van der Waals surface area (Å²) in [7, 11) is 0. The molecule has 6 atom stereocenters. The number of morpholine rings is 1. The van der Waals surface area contributed by atoms with Gasteiger partial charge in [0.05, 0.1) is 37.4 Å². The Bertz CT molecular complexity index is 908. The Hall–Kier alpha value is -1.44. The zero-order valence-corrected chi connectivity index (χ0v) is 25.8. The van der Waals surface area contributed by atoms with Crippen molar-refractivity contribution < 1.29 is 23.1 Å². The first-order chi connectivity index (χ1) is 20.8. The van der Waals surface area contributed by atoms with Gasteiger partial charge in [0.2, 0.25) is 11.8 Å². The normalized spacial score (nSPS) is 34.3. The van der Waals surface area contributed by atoms with Crippen LogP contribution in [-0.4, -0.2) is 117 Å². The lowest BCUT2D eigenvalue weighted by atomic mass is 9.68. The van der Waals surface area contributed by atoms with Crippen LogP contribution in [0.3, 0.4) is 0 Å². The Morgan fingerprint density at radius 3 is 2.28 bits per heavy atom. The van der Waals surface area contributed by atoms with Gasteiger partial charge in [0.25, 0.3) is 0 Å². The molecule has 7 N–H and O–H groups in total. The molecule has 246 valence electrons. The first kappa shape index (κ1) is 32.9. The number of nitrogens with zero attached hydrogens (tertiary/aromatic N) is 2. The average molecular weight is 612 g/mol. The summed E-state index contributed by atoms with van der Waals surface area (Å²) in [6.07, 6.45) is 7.06. The number of carbonyl (C=O) groups is 2. The molecule has 0 aromatic heterocycles. The second-order valence-corrected chi connectivity index (χ2v) is 13.9. The van der Waals surface area contributed by atoms with Crippen molar-refractivity contribution in [2.24, 2.45) is 28.7 Å². The number of nitrogens with two attached hydrogens (primary N) is 2. The molecule has 6 unspecified atom stereocenters. The maximum atomic E-state index is 15.6. The van der Waals surface area contributed by atoms with Gasteiger partial charge in [0, 0.05) is 44.7 Å². The van der Waals surface area contributed by atoms with E-state index in [1.54, 1.807) is 0 Å². The van der Waals surface area contributed by atoms with Crippen LogP contribution in [0.1, 0.15) is 70.6 Å². The molecule has 10 nitrogen and oxygen atoms in total. The molecular formula is C31H55F2N7O3. The molecule has 5 rings (SSSR count). The van der Waals surface area contributed by atoms with E-state index in [1.807, 2.05) is 4.90 Å². The Morgan fingerprint density at radius 2 is 1.60 bits per heavy atom. The van der Waals surface area contributed by atoms with E-state index in [4.69, 9.17) is 16.2 Å². The Labute approximate surface area is 255 Å². The van der Waals surface area contributed by atoms with Crippen molar-refractivity contribution >= 4 is 11.8 Å². The molecule has 1 spiro atoms. The van der Waals surface area contributed by atoms with Gasteiger partial charge in [-0.3, -0.25) is 14.5 Å². The maximum absolute atomic E-state index is 15.6. The molecule has 5 aliphatic rings. The van der Waals surface area contributed by atoms with Crippen LogP contribution < -0.4 is 27.4 Å². The smallest absolute Gasteiger partial charge is 0.227 e. The van der Waals surface area contributed by atoms with E-state index in [9.17, 15) is 14.0 Å². The third-order valence-corrected chi connectivity index (χ3v) is 11.0. The number of ether oxygens (including phenoxy) is 1. The summed E-state index contributed by atoms with van der Waals surface area (Å²) in [6.45, 7) is 4.43. The van der Waals surface area contributed by atoms with Gasteiger partial charge in [0.15, 0.2) is 0 Å². The standard InChI is InChI=1S/C31H55F2N7O3/c32-22-5-10-31(8-3-1-2-4-9-31)17-24(37-18-22)26(28(34)35)29(41)38-25-20-36-19-23(33)27(25)39-11-6-21(7-12-39)30(42)40-13-15-43-16-14-40/h21-28,36-37H,1-20,34-35H2,(H,38,41). The molecule has 0 bridgehead atoms. The Morgan fingerprint density at radius 1 is 0.907 bits per heavy atom. The third-order valence-electron chi connectivity index (χ3n) is 11.0. The molecule has 4 saturated heterocycles. The number of amides is 2. The van der Waals surface area contributed by atoms with Crippen LogP contribution in [0.4, 0.5) is 8.78 Å². The van der Waals surface area contributed by atoms with Crippen LogP contribution in [0.5, 0.6) is 0 Å². The quantitative estimate of drug-likeness (QED) is 0.281. The van der Waals surface area contributed by atoms with E-state index in [-0.39, 0.29) is 42.3 Å². The Kier molecular flexibility index (Phi) is 11.7. The highest BCUT2D eigenvalue weighted by molar-refractivity contribution is 5.80. The molecule has 0 aromatic rings. The molecule has 4 aliphatic heterocycles. The summed E-state index contributed by atoms with van der Waals surface area (Å²) in [4.78, 5) is 31.0. The maximum Gasteiger partial charge on any atom is 0.227 e. The van der Waals surface area contributed by atoms with Crippen molar-refractivity contribution in [2.45, 2.75) is 107 Å². The number of alkyl halides is 2. The van der Waals surface area contributed by atoms with E-state index < -0.39 is 36.5 Å². The van der Waals surface area contributed by atoms with Crippen LogP contribution in [0, 0.1) is 17.3 Å². The minimum absolute atomic E-state index is 0.0195. The summed E-state index contributed by atoms with van der Waals surface area (Å²) in [6, 6.07) is -1.33. The van der Waals surface area contributed by atoms with Gasteiger partial charge in [-0.2, -0.15) is 0 Å². The van der Waals surface area contributed by atoms with Crippen LogP contribution in [-0.2, 0) is 14.3 Å². The number of hydrogen-bond acceptors (Lipinski definition) is 8. The summed E-state index contributed by atoms with van der Waals surface area (Å²) in [5.74, 6) is -0.954. The number of likely N-dealkylation sites (tertiary alicyclic amines) is 1. The molecule has 4 heterocycles. The van der Waals surface area contributed by atoms with E-state index >= 15 is 4.39 Å². The second-order valence-electron chi connectivity index (χ2n) is 13.9. The molecule has 0 radical (unpaired) electrons. The number of nitrogens with one attached hydrogen (secondary N) is 3. The van der Waals surface area contributed by atoms with Crippen LogP contribution in [0.15, 0.2) is 0 Å². The molecular weight excluding hydrogens is 556 g/mol. The van der Waals surface area contributed by atoms with Crippen molar-refractivity contribution in [1.82, 2.24) is 25.8 Å². The Balaban J connectivity index is 1.25. The summed E-state index contributed by atoms with van der Waals surface area (Å²) >= 11 is 0. The molecule has 43 heavy (non-hydrogen) atoms. The van der Waals surface area contributed by atoms with Crippen LogP contribution in [0.2, 0.25) is 0 Å². The number of hydrogen-bond donors (Lipinski definition) is 5. The second kappa shape index (κ2) is 15.2. The van der Waals surface area contributed by atoms with Crippen molar-refractivity contribution in [1.29, 1.82) is 0 Å². The van der Waals surface area contributed by atoms with Crippen molar-refractivity contribution in [3.8, 4) is 0 Å². The number of piperidine rings is 2. The fraction of sp³-hybridized carbons (Fsp3) is 0.935. The fourth-order valence-electron chi connectivity index (χ4n) is 8.55. The lowest BCUT2D eigenvalue weighted by molar-refractivity contribution is -0.141. The number of halogens is 2. The minimum Gasteiger partial charge on any atom is -0.378 e. The largest absolute Gasteiger partial charge is 0.378 e. The van der Waals surface area contributed by atoms with E-state index in [2.05, 4.69) is 20.9 Å². The summed E-state index contributed by atoms with van der Waals surface area (Å²) < 4.78 is 35.8. The van der Waals surface area contributed by atoms with Crippen molar-refractivity contribution in [2.75, 3.05) is 59.0 Å². The van der Waals surface area contributed by atoms with E-state index in [1.165, 1.54) is 12.8 Å². The van der Waals surface area contributed by atoms with Crippen molar-refractivity contribution in [3.63, 3.8) is 0 Å². The van der Waals surface area contributed by atoms with Gasteiger partial charge in [0.1, 0.15) is 12.3 Å². The van der Waals surface area contributed by atoms with Gasteiger partial charge in [-0.05, 0) is 63.5 Å². The highest BCUT2D eigenvalue weighted by Gasteiger charge is 2.45. The van der Waals surface area contributed by atoms with Gasteiger partial charge < -0.3 is 37.1 Å². The molecule has 0 aromatic carbocycles. The topological polar surface area (TPSA) is 138 Å². The SMILES string of the molecule is NC(N)C(C(=O)NC1CNCC(F)C1N1CCC(C(=O)N2CCOCC2)CC1)C1CC2(CCCCCC2)CCC(F)CN1. The molecule has 1 aliphatic carbocycles. The predicted molar refractivity (Wildman–Crippen MR) is 162 cm³/mol. The van der Waals surface area contributed by atoms with E-state index in [0.29, 0.717) is 65.2 Å². The molecule has 1 saturated carbocycles. The lowest BCUT2D eigenvalue weighted by Crippen LogP contribution is -2.68. The number of carbonyl (C=O) groups excluding carboxylic acids is 2. The van der Waals surface area contributed by atoms with Gasteiger partial charge in [-0.1, -0.05) is 25.7 Å². The predicted octanol–water partition coefficient (Wildman–Crippen LogP) is 1.03.